The van der Waals surface area contributed by atoms with E-state index in [0.717, 1.165) is 37.1 Å². The second-order valence-corrected chi connectivity index (χ2v) is 7.47. The van der Waals surface area contributed by atoms with E-state index in [-0.39, 0.29) is 26.4 Å². The lowest BCUT2D eigenvalue weighted by Gasteiger charge is -2.09. The summed E-state index contributed by atoms with van der Waals surface area (Å²) >= 11 is 3.23. The molecule has 0 unspecified atom stereocenters. The highest BCUT2D eigenvalue weighted by molar-refractivity contribution is 8.16. The van der Waals surface area contributed by atoms with Crippen molar-refractivity contribution in [1.82, 2.24) is 0 Å². The highest BCUT2D eigenvalue weighted by atomic mass is 32.2. The Balaban J connectivity index is 2.02. The summed E-state index contributed by atoms with van der Waals surface area (Å²) in [6.45, 7) is -0.195. The van der Waals surface area contributed by atoms with Crippen molar-refractivity contribution in [2.75, 3.05) is 5.08 Å². The van der Waals surface area contributed by atoms with Crippen LogP contribution in [-0.2, 0) is 26.4 Å². The first-order chi connectivity index (χ1) is 11.2. The van der Waals surface area contributed by atoms with Gasteiger partial charge in [0.25, 0.3) is 0 Å². The molecule has 0 aliphatic rings. The van der Waals surface area contributed by atoms with Gasteiger partial charge in [0.1, 0.15) is 0 Å². The minimum atomic E-state index is -0.0487. The SMILES string of the molecule is OCc1cc(CO)cc(SCSc2cc(CO)cc(CO)c2)c1. The van der Waals surface area contributed by atoms with Crippen LogP contribution in [0.3, 0.4) is 0 Å². The molecule has 23 heavy (non-hydrogen) atoms. The van der Waals surface area contributed by atoms with Crippen molar-refractivity contribution < 1.29 is 20.4 Å². The molecule has 6 heteroatoms. The molecule has 2 aromatic rings. The van der Waals surface area contributed by atoms with E-state index in [1.165, 1.54) is 0 Å². The van der Waals surface area contributed by atoms with Gasteiger partial charge in [0.05, 0.1) is 26.4 Å². The van der Waals surface area contributed by atoms with Gasteiger partial charge in [-0.05, 0) is 46.5 Å². The summed E-state index contributed by atoms with van der Waals surface area (Å²) in [4.78, 5) is 1.99. The average molecular weight is 352 g/mol. The molecular weight excluding hydrogens is 332 g/mol. The maximum absolute atomic E-state index is 9.26. The van der Waals surface area contributed by atoms with Crippen molar-refractivity contribution in [2.24, 2.45) is 0 Å². The highest BCUT2D eigenvalue weighted by Crippen LogP contribution is 2.30. The second-order valence-electron chi connectivity index (χ2n) is 5.01. The Morgan fingerprint density at radius 3 is 1.09 bits per heavy atom. The number of hydrogen-bond acceptors (Lipinski definition) is 6. The average Bonchev–Trinajstić information content (AvgIpc) is 2.60. The molecule has 0 amide bonds. The number of aliphatic hydroxyl groups is 4. The third-order valence-electron chi connectivity index (χ3n) is 3.23. The van der Waals surface area contributed by atoms with E-state index in [4.69, 9.17) is 0 Å². The van der Waals surface area contributed by atoms with Gasteiger partial charge in [-0.3, -0.25) is 0 Å². The molecule has 0 spiro atoms. The third-order valence-corrected chi connectivity index (χ3v) is 5.31. The maximum atomic E-state index is 9.26. The summed E-state index contributed by atoms with van der Waals surface area (Å²) in [5.41, 5.74) is 3.14. The lowest BCUT2D eigenvalue weighted by molar-refractivity contribution is 0.274. The Kier molecular flexibility index (Phi) is 7.42. The molecule has 0 atom stereocenters. The molecule has 0 saturated carbocycles. The zero-order valence-corrected chi connectivity index (χ0v) is 14.2. The molecule has 124 valence electrons. The van der Waals surface area contributed by atoms with Crippen molar-refractivity contribution in [3.05, 3.63) is 58.7 Å². The van der Waals surface area contributed by atoms with Crippen LogP contribution >= 0.6 is 23.5 Å². The molecule has 2 aromatic carbocycles. The van der Waals surface area contributed by atoms with E-state index in [2.05, 4.69) is 0 Å². The molecule has 0 radical (unpaired) electrons. The summed E-state index contributed by atoms with van der Waals surface area (Å²) in [6.07, 6.45) is 0. The van der Waals surface area contributed by atoms with Crippen LogP contribution in [0.25, 0.3) is 0 Å². The molecule has 0 aliphatic heterocycles. The molecule has 0 saturated heterocycles. The minimum absolute atomic E-state index is 0.0487. The first-order valence-corrected chi connectivity index (χ1v) is 9.10. The fourth-order valence-corrected chi connectivity index (χ4v) is 4.42. The normalized spacial score (nSPS) is 11.0. The van der Waals surface area contributed by atoms with Crippen LogP contribution in [0.2, 0.25) is 0 Å². The molecule has 4 nitrogen and oxygen atoms in total. The summed E-state index contributed by atoms with van der Waals surface area (Å²) in [5, 5.41) is 37.8. The quantitative estimate of drug-likeness (QED) is 0.432. The fourth-order valence-electron chi connectivity index (χ4n) is 2.15. The van der Waals surface area contributed by atoms with Gasteiger partial charge in [-0.15, -0.1) is 23.5 Å². The van der Waals surface area contributed by atoms with E-state index in [0.29, 0.717) is 0 Å². The summed E-state index contributed by atoms with van der Waals surface area (Å²) < 4.78 is 0. The van der Waals surface area contributed by atoms with E-state index >= 15 is 0 Å². The lowest BCUT2D eigenvalue weighted by atomic mass is 10.1. The standard InChI is InChI=1S/C17H20O4S2/c18-7-12-1-13(8-19)4-16(3-12)22-11-23-17-5-14(9-20)2-15(6-17)10-21/h1-6,18-21H,7-11H2. The van der Waals surface area contributed by atoms with E-state index in [1.807, 2.05) is 24.3 Å². The number of thioether (sulfide) groups is 2. The smallest absolute Gasteiger partial charge is 0.0682 e. The molecule has 4 N–H and O–H groups in total. The Morgan fingerprint density at radius 2 is 0.826 bits per heavy atom. The predicted octanol–water partition coefficient (Wildman–Crippen LogP) is 2.50. The molecule has 0 aromatic heterocycles. The Hall–Kier alpha value is -1.02. The zero-order chi connectivity index (χ0) is 16.7. The van der Waals surface area contributed by atoms with Gasteiger partial charge in [-0.2, -0.15) is 0 Å². The monoisotopic (exact) mass is 352 g/mol. The maximum Gasteiger partial charge on any atom is 0.0682 e. The van der Waals surface area contributed by atoms with Crippen LogP contribution in [0.1, 0.15) is 22.3 Å². The molecule has 0 bridgehead atoms. The van der Waals surface area contributed by atoms with E-state index in [1.54, 1.807) is 35.7 Å². The Bertz CT molecular complexity index is 546. The van der Waals surface area contributed by atoms with Crippen molar-refractivity contribution in [3.63, 3.8) is 0 Å². The number of hydrogen-bond donors (Lipinski definition) is 4. The van der Waals surface area contributed by atoms with Crippen molar-refractivity contribution in [2.45, 2.75) is 36.2 Å². The second kappa shape index (κ2) is 9.32. The largest absolute Gasteiger partial charge is 0.392 e. The summed E-state index contributed by atoms with van der Waals surface area (Å²) in [7, 11) is 0. The topological polar surface area (TPSA) is 80.9 Å². The van der Waals surface area contributed by atoms with Gasteiger partial charge in [0, 0.05) is 14.9 Å². The minimum Gasteiger partial charge on any atom is -0.392 e. The Labute approximate surface area is 144 Å². The first kappa shape index (κ1) is 18.3. The molecule has 2 rings (SSSR count). The van der Waals surface area contributed by atoms with E-state index in [9.17, 15) is 20.4 Å². The van der Waals surface area contributed by atoms with Gasteiger partial charge in [-0.1, -0.05) is 12.1 Å². The molecule has 0 heterocycles. The molecular formula is C17H20O4S2. The summed E-state index contributed by atoms with van der Waals surface area (Å²) in [6, 6.07) is 11.2. The van der Waals surface area contributed by atoms with Gasteiger partial charge < -0.3 is 20.4 Å². The van der Waals surface area contributed by atoms with Gasteiger partial charge >= 0.3 is 0 Å². The van der Waals surface area contributed by atoms with Gasteiger partial charge in [0.2, 0.25) is 0 Å². The highest BCUT2D eigenvalue weighted by Gasteiger charge is 2.04. The van der Waals surface area contributed by atoms with Gasteiger partial charge in [-0.25, -0.2) is 0 Å². The van der Waals surface area contributed by atoms with E-state index < -0.39 is 0 Å². The summed E-state index contributed by atoms with van der Waals surface area (Å²) in [5.74, 6) is 0. The predicted molar refractivity (Wildman–Crippen MR) is 93.2 cm³/mol. The zero-order valence-electron chi connectivity index (χ0n) is 12.6. The number of rotatable bonds is 8. The first-order valence-electron chi connectivity index (χ1n) is 7.13. The van der Waals surface area contributed by atoms with Crippen molar-refractivity contribution in [3.8, 4) is 0 Å². The lowest BCUT2D eigenvalue weighted by Crippen LogP contribution is -1.91. The van der Waals surface area contributed by atoms with Crippen LogP contribution in [0, 0.1) is 0 Å². The van der Waals surface area contributed by atoms with Crippen molar-refractivity contribution in [1.29, 1.82) is 0 Å². The van der Waals surface area contributed by atoms with Gasteiger partial charge in [0.15, 0.2) is 0 Å². The van der Waals surface area contributed by atoms with Crippen LogP contribution < -0.4 is 0 Å². The Morgan fingerprint density at radius 1 is 0.522 bits per heavy atom. The van der Waals surface area contributed by atoms with Crippen LogP contribution in [0.4, 0.5) is 0 Å². The number of benzene rings is 2. The number of aliphatic hydroxyl groups excluding tert-OH is 4. The van der Waals surface area contributed by atoms with Crippen LogP contribution in [0.15, 0.2) is 46.2 Å². The molecule has 0 aliphatic carbocycles. The molecule has 0 fully saturated rings. The van der Waals surface area contributed by atoms with Crippen LogP contribution in [-0.4, -0.2) is 25.5 Å². The third kappa shape index (κ3) is 5.53. The van der Waals surface area contributed by atoms with Crippen LogP contribution in [0.5, 0.6) is 0 Å². The fraction of sp³-hybridized carbons (Fsp3) is 0.294. The van der Waals surface area contributed by atoms with Crippen molar-refractivity contribution >= 4 is 23.5 Å².